The molecular formula is C19H21N5. The maximum Gasteiger partial charge on any atom is 0.166 e. The third-order valence-corrected chi connectivity index (χ3v) is 3.88. The van der Waals surface area contributed by atoms with E-state index in [0.29, 0.717) is 11.6 Å². The molecule has 1 aromatic carbocycles. The molecule has 2 heterocycles. The molecule has 3 rings (SSSR count). The molecule has 0 amide bonds. The Morgan fingerprint density at radius 2 is 1.88 bits per heavy atom. The number of hydrogen-bond acceptors (Lipinski definition) is 4. The van der Waals surface area contributed by atoms with Crippen molar-refractivity contribution < 1.29 is 0 Å². The van der Waals surface area contributed by atoms with Crippen LogP contribution in [0.3, 0.4) is 0 Å². The van der Waals surface area contributed by atoms with Crippen molar-refractivity contribution in [1.82, 2.24) is 19.5 Å². The molecule has 2 aromatic heterocycles. The fraction of sp³-hybridized carbons (Fsp3) is 0.211. The summed E-state index contributed by atoms with van der Waals surface area (Å²) in [7, 11) is 0. The molecular weight excluding hydrogens is 298 g/mol. The van der Waals surface area contributed by atoms with Crippen molar-refractivity contribution in [2.24, 2.45) is 0 Å². The lowest BCUT2D eigenvalue weighted by Crippen LogP contribution is -2.03. The molecule has 5 nitrogen and oxygen atoms in total. The minimum Gasteiger partial charge on any atom is -0.338 e. The summed E-state index contributed by atoms with van der Waals surface area (Å²) in [6.45, 7) is 13.8. The molecule has 3 aromatic rings. The summed E-state index contributed by atoms with van der Waals surface area (Å²) in [4.78, 5) is 13.6. The Hall–Kier alpha value is -2.95. The number of rotatable bonds is 5. The fourth-order valence-electron chi connectivity index (χ4n) is 2.64. The first-order valence-electron chi connectivity index (χ1n) is 7.90. The maximum atomic E-state index is 4.54. The van der Waals surface area contributed by atoms with E-state index >= 15 is 0 Å². The summed E-state index contributed by atoms with van der Waals surface area (Å²) in [5.41, 5.74) is 4.59. The van der Waals surface area contributed by atoms with E-state index in [0.717, 1.165) is 28.0 Å². The predicted molar refractivity (Wildman–Crippen MR) is 100 cm³/mol. The second kappa shape index (κ2) is 6.28. The van der Waals surface area contributed by atoms with E-state index in [1.165, 1.54) is 0 Å². The van der Waals surface area contributed by atoms with Gasteiger partial charge < -0.3 is 9.88 Å². The maximum absolute atomic E-state index is 4.54. The van der Waals surface area contributed by atoms with Crippen molar-refractivity contribution >= 4 is 34.8 Å². The van der Waals surface area contributed by atoms with Gasteiger partial charge in [0.2, 0.25) is 0 Å². The lowest BCUT2D eigenvalue weighted by atomic mass is 10.1. The molecule has 0 unspecified atom stereocenters. The van der Waals surface area contributed by atoms with Gasteiger partial charge >= 0.3 is 0 Å². The van der Waals surface area contributed by atoms with Gasteiger partial charge in [-0.25, -0.2) is 15.0 Å². The quantitative estimate of drug-likeness (QED) is 0.737. The van der Waals surface area contributed by atoms with Gasteiger partial charge in [-0.2, -0.15) is 0 Å². The van der Waals surface area contributed by atoms with E-state index in [1.54, 1.807) is 0 Å². The lowest BCUT2D eigenvalue weighted by molar-refractivity contribution is 0.612. The fourth-order valence-corrected chi connectivity index (χ4v) is 2.64. The predicted octanol–water partition coefficient (Wildman–Crippen LogP) is 4.75. The van der Waals surface area contributed by atoms with E-state index in [9.17, 15) is 0 Å². The van der Waals surface area contributed by atoms with Gasteiger partial charge in [0.15, 0.2) is 17.0 Å². The van der Waals surface area contributed by atoms with Crippen LogP contribution in [0.25, 0.3) is 23.3 Å². The van der Waals surface area contributed by atoms with Crippen LogP contribution in [0.5, 0.6) is 0 Å². The first kappa shape index (κ1) is 15.9. The van der Waals surface area contributed by atoms with Crippen molar-refractivity contribution in [2.45, 2.75) is 26.8 Å². The topological polar surface area (TPSA) is 55.6 Å². The molecule has 24 heavy (non-hydrogen) atoms. The molecule has 0 atom stereocenters. The number of aromatic nitrogens is 4. The van der Waals surface area contributed by atoms with Crippen LogP contribution >= 0.6 is 0 Å². The second-order valence-corrected chi connectivity index (χ2v) is 5.91. The molecule has 0 saturated carbocycles. The van der Waals surface area contributed by atoms with Crippen LogP contribution in [0, 0.1) is 6.92 Å². The van der Waals surface area contributed by atoms with Crippen LogP contribution in [0.15, 0.2) is 37.7 Å². The highest BCUT2D eigenvalue weighted by molar-refractivity contribution is 5.86. The van der Waals surface area contributed by atoms with Gasteiger partial charge in [0.1, 0.15) is 5.82 Å². The van der Waals surface area contributed by atoms with Gasteiger partial charge in [-0.3, -0.25) is 0 Å². The summed E-state index contributed by atoms with van der Waals surface area (Å²) in [6.07, 6.45) is 5.44. The average molecular weight is 319 g/mol. The third kappa shape index (κ3) is 2.80. The average Bonchev–Trinajstić information content (AvgIpc) is 2.98. The van der Waals surface area contributed by atoms with Gasteiger partial charge in [0.25, 0.3) is 0 Å². The van der Waals surface area contributed by atoms with Gasteiger partial charge in [0, 0.05) is 11.7 Å². The number of benzene rings is 1. The molecule has 1 N–H and O–H groups in total. The van der Waals surface area contributed by atoms with Crippen molar-refractivity contribution in [1.29, 1.82) is 0 Å². The molecule has 0 aliphatic heterocycles. The third-order valence-electron chi connectivity index (χ3n) is 3.88. The summed E-state index contributed by atoms with van der Waals surface area (Å²) < 4.78 is 2.05. The van der Waals surface area contributed by atoms with Crippen LogP contribution in [0.2, 0.25) is 0 Å². The zero-order chi connectivity index (χ0) is 17.3. The molecule has 0 aliphatic rings. The number of hydrogen-bond donors (Lipinski definition) is 1. The second-order valence-electron chi connectivity index (χ2n) is 5.91. The number of anilines is 2. The Balaban J connectivity index is 2.07. The highest BCUT2D eigenvalue weighted by Gasteiger charge is 2.14. The Morgan fingerprint density at radius 3 is 2.54 bits per heavy atom. The van der Waals surface area contributed by atoms with Crippen LogP contribution in [-0.4, -0.2) is 19.5 Å². The smallest absolute Gasteiger partial charge is 0.166 e. The Labute approximate surface area is 141 Å². The van der Waals surface area contributed by atoms with E-state index in [4.69, 9.17) is 0 Å². The van der Waals surface area contributed by atoms with Crippen LogP contribution < -0.4 is 5.32 Å². The summed E-state index contributed by atoms with van der Waals surface area (Å²) in [5, 5.41) is 3.36. The highest BCUT2D eigenvalue weighted by Crippen LogP contribution is 2.26. The number of imidazole rings is 1. The van der Waals surface area contributed by atoms with Crippen LogP contribution in [0.4, 0.5) is 11.5 Å². The summed E-state index contributed by atoms with van der Waals surface area (Å²) >= 11 is 0. The largest absolute Gasteiger partial charge is 0.338 e. The standard InChI is InChI=1S/C19H21N5/c1-6-14-8-9-16(10-15(14)7-2)23-18-17-19(22-13(5)21-18)24(11-20-17)12(3)4/h6-12H,1-2H2,3-5H3,(H,21,22,23). The molecule has 0 fully saturated rings. The molecule has 0 radical (unpaired) electrons. The number of fused-ring (bicyclic) bond motifs is 1. The van der Waals surface area contributed by atoms with Crippen molar-refractivity contribution in [3.05, 3.63) is 54.6 Å². The van der Waals surface area contributed by atoms with Gasteiger partial charge in [0.05, 0.1) is 6.33 Å². The van der Waals surface area contributed by atoms with Crippen LogP contribution in [0.1, 0.15) is 36.8 Å². The SMILES string of the molecule is C=Cc1ccc(Nc2nc(C)nc3c2ncn3C(C)C)cc1C=C. The number of nitrogens with one attached hydrogen (secondary N) is 1. The number of nitrogens with zero attached hydrogens (tertiary/aromatic N) is 4. The van der Waals surface area contributed by atoms with Gasteiger partial charge in [-0.15, -0.1) is 0 Å². The lowest BCUT2D eigenvalue weighted by Gasteiger charge is -2.11. The zero-order valence-electron chi connectivity index (χ0n) is 14.2. The van der Waals surface area contributed by atoms with Crippen molar-refractivity contribution in [3.63, 3.8) is 0 Å². The molecule has 0 aliphatic carbocycles. The van der Waals surface area contributed by atoms with Crippen LogP contribution in [-0.2, 0) is 0 Å². The van der Waals surface area contributed by atoms with Gasteiger partial charge in [-0.1, -0.05) is 31.4 Å². The van der Waals surface area contributed by atoms with E-state index in [1.807, 2.05) is 48.2 Å². The van der Waals surface area contributed by atoms with Crippen molar-refractivity contribution in [2.75, 3.05) is 5.32 Å². The zero-order valence-corrected chi connectivity index (χ0v) is 14.2. The Kier molecular flexibility index (Phi) is 4.16. The first-order chi connectivity index (χ1) is 11.5. The molecule has 5 heteroatoms. The Morgan fingerprint density at radius 1 is 1.12 bits per heavy atom. The molecule has 122 valence electrons. The first-order valence-corrected chi connectivity index (χ1v) is 7.90. The molecule has 0 bridgehead atoms. The summed E-state index contributed by atoms with van der Waals surface area (Å²) in [5.74, 6) is 1.41. The highest BCUT2D eigenvalue weighted by atomic mass is 15.2. The monoisotopic (exact) mass is 319 g/mol. The molecule has 0 spiro atoms. The summed E-state index contributed by atoms with van der Waals surface area (Å²) in [6, 6.07) is 6.31. The van der Waals surface area contributed by atoms with E-state index in [-0.39, 0.29) is 6.04 Å². The normalized spacial score (nSPS) is 11.0. The minimum atomic E-state index is 0.288. The van der Waals surface area contributed by atoms with Gasteiger partial charge in [-0.05, 0) is 44.0 Å². The molecule has 0 saturated heterocycles. The van der Waals surface area contributed by atoms with Crippen molar-refractivity contribution in [3.8, 4) is 0 Å². The van der Waals surface area contributed by atoms with E-state index < -0.39 is 0 Å². The Bertz CT molecular complexity index is 921. The number of aryl methyl sites for hydroxylation is 1. The van der Waals surface area contributed by atoms with E-state index in [2.05, 4.69) is 47.3 Å². The minimum absolute atomic E-state index is 0.288.